The molecule has 3 heterocycles. The Balaban J connectivity index is 1.51. The van der Waals surface area contributed by atoms with Gasteiger partial charge in [0.25, 0.3) is 5.91 Å². The second-order valence-corrected chi connectivity index (χ2v) is 9.05. The number of β-lactam (4-membered cyclic amide) rings is 1. The Hall–Kier alpha value is -2.06. The van der Waals surface area contributed by atoms with Crippen molar-refractivity contribution in [3.63, 3.8) is 0 Å². The van der Waals surface area contributed by atoms with Crippen LogP contribution in [0.4, 0.5) is 0 Å². The number of benzene rings is 1. The van der Waals surface area contributed by atoms with Crippen LogP contribution in [0.1, 0.15) is 31.1 Å². The minimum absolute atomic E-state index is 0.349. The fourth-order valence-corrected chi connectivity index (χ4v) is 5.61. The molecule has 0 aromatic heterocycles. The third-order valence-corrected chi connectivity index (χ3v) is 6.78. The van der Waals surface area contributed by atoms with Crippen LogP contribution < -0.4 is 5.32 Å². The van der Waals surface area contributed by atoms with E-state index in [2.05, 4.69) is 5.32 Å². The highest BCUT2D eigenvalue weighted by atomic mass is 32.2. The second kappa shape index (κ2) is 5.99. The fourth-order valence-electron chi connectivity index (χ4n) is 3.99. The summed E-state index contributed by atoms with van der Waals surface area (Å²) >= 11 is 1.41. The molecule has 0 spiro atoms. The van der Waals surface area contributed by atoms with E-state index in [4.69, 9.17) is 4.74 Å². The van der Waals surface area contributed by atoms with Crippen LogP contribution in [0.15, 0.2) is 24.3 Å². The van der Waals surface area contributed by atoms with Gasteiger partial charge in [-0.25, -0.2) is 4.79 Å². The average Bonchev–Trinajstić information content (AvgIpc) is 2.87. The maximum Gasteiger partial charge on any atom is 0.327 e. The maximum absolute atomic E-state index is 12.7. The van der Waals surface area contributed by atoms with E-state index >= 15 is 0 Å². The van der Waals surface area contributed by atoms with E-state index < -0.39 is 28.9 Å². The summed E-state index contributed by atoms with van der Waals surface area (Å²) in [6, 6.07) is 6.02. The van der Waals surface area contributed by atoms with Crippen molar-refractivity contribution in [1.82, 2.24) is 10.2 Å². The molecule has 0 saturated carbocycles. The third-order valence-electron chi connectivity index (χ3n) is 5.20. The molecule has 2 saturated heterocycles. The number of carbonyl (C=O) groups excluding carboxylic acids is 2. The van der Waals surface area contributed by atoms with E-state index in [1.165, 1.54) is 16.7 Å². The number of carboxylic acid groups (broad SMARTS) is 1. The molecule has 26 heavy (non-hydrogen) atoms. The van der Waals surface area contributed by atoms with E-state index in [-0.39, 0.29) is 17.2 Å². The number of carboxylic acids is 1. The Labute approximate surface area is 155 Å². The summed E-state index contributed by atoms with van der Waals surface area (Å²) in [4.78, 5) is 38.2. The van der Waals surface area contributed by atoms with Crippen LogP contribution in [0.3, 0.4) is 0 Å². The van der Waals surface area contributed by atoms with Crippen LogP contribution in [0.5, 0.6) is 0 Å². The van der Waals surface area contributed by atoms with Crippen LogP contribution >= 0.6 is 11.8 Å². The number of rotatable bonds is 3. The molecule has 1 aromatic carbocycles. The Morgan fingerprint density at radius 2 is 2.08 bits per heavy atom. The van der Waals surface area contributed by atoms with Crippen LogP contribution in [-0.4, -0.2) is 56.6 Å². The van der Waals surface area contributed by atoms with E-state index in [0.29, 0.717) is 6.61 Å². The van der Waals surface area contributed by atoms with Gasteiger partial charge in [-0.3, -0.25) is 9.59 Å². The van der Waals surface area contributed by atoms with E-state index in [9.17, 15) is 19.5 Å². The second-order valence-electron chi connectivity index (χ2n) is 7.28. The molecular formula is C18H20N2O5S. The molecule has 2 amide bonds. The van der Waals surface area contributed by atoms with Gasteiger partial charge in [-0.05, 0) is 31.4 Å². The van der Waals surface area contributed by atoms with Crippen molar-refractivity contribution in [2.75, 3.05) is 6.61 Å². The highest BCUT2D eigenvalue weighted by Gasteiger charge is 2.64. The van der Waals surface area contributed by atoms with Crippen molar-refractivity contribution in [2.45, 2.75) is 48.6 Å². The zero-order valence-electron chi connectivity index (χ0n) is 14.5. The van der Waals surface area contributed by atoms with Gasteiger partial charge in [0.1, 0.15) is 17.5 Å². The first-order chi connectivity index (χ1) is 12.3. The van der Waals surface area contributed by atoms with Gasteiger partial charge >= 0.3 is 5.97 Å². The summed E-state index contributed by atoms with van der Waals surface area (Å²) in [5.74, 6) is -1.72. The minimum atomic E-state index is -1.02. The number of thioether (sulfide) groups is 1. The number of nitrogens with one attached hydrogen (secondary N) is 1. The summed E-state index contributed by atoms with van der Waals surface area (Å²) in [5.41, 5.74) is 1.89. The van der Waals surface area contributed by atoms with Crippen molar-refractivity contribution < 1.29 is 24.2 Å². The molecule has 138 valence electrons. The predicted octanol–water partition coefficient (Wildman–Crippen LogP) is 0.932. The largest absolute Gasteiger partial charge is 0.480 e. The molecule has 1 aromatic rings. The zero-order chi connectivity index (χ0) is 18.6. The smallest absolute Gasteiger partial charge is 0.327 e. The lowest BCUT2D eigenvalue weighted by atomic mass is 9.94. The molecule has 1 unspecified atom stereocenters. The van der Waals surface area contributed by atoms with E-state index in [1.807, 2.05) is 24.3 Å². The molecule has 0 radical (unpaired) electrons. The van der Waals surface area contributed by atoms with Gasteiger partial charge in [0.15, 0.2) is 6.10 Å². The van der Waals surface area contributed by atoms with Gasteiger partial charge in [-0.2, -0.15) is 0 Å². The highest BCUT2D eigenvalue weighted by Crippen LogP contribution is 2.50. The van der Waals surface area contributed by atoms with Gasteiger partial charge in [0.05, 0.1) is 6.61 Å². The van der Waals surface area contributed by atoms with Gasteiger partial charge < -0.3 is 20.1 Å². The summed E-state index contributed by atoms with van der Waals surface area (Å²) in [5, 5.41) is 11.9. The summed E-state index contributed by atoms with van der Waals surface area (Å²) in [7, 11) is 0. The predicted molar refractivity (Wildman–Crippen MR) is 94.5 cm³/mol. The Morgan fingerprint density at radius 3 is 2.81 bits per heavy atom. The lowest BCUT2D eigenvalue weighted by molar-refractivity contribution is -0.162. The molecule has 3 aliphatic heterocycles. The molecule has 0 aliphatic carbocycles. The van der Waals surface area contributed by atoms with Crippen LogP contribution in [-0.2, 0) is 25.5 Å². The molecular weight excluding hydrogens is 356 g/mol. The van der Waals surface area contributed by atoms with Crippen LogP contribution in [0.2, 0.25) is 0 Å². The van der Waals surface area contributed by atoms with Crippen molar-refractivity contribution in [1.29, 1.82) is 0 Å². The monoisotopic (exact) mass is 376 g/mol. The Bertz CT molecular complexity index is 796. The number of carbonyl (C=O) groups is 3. The summed E-state index contributed by atoms with van der Waals surface area (Å²) < 4.78 is 5.03. The topological polar surface area (TPSA) is 95.9 Å². The van der Waals surface area contributed by atoms with E-state index in [0.717, 1.165) is 17.5 Å². The molecule has 4 atom stereocenters. The van der Waals surface area contributed by atoms with E-state index in [1.54, 1.807) is 13.8 Å². The standard InChI is InChI=1S/C18H20N2O5S/c1-18(2)13(17(23)24)20-15(22)11(16(20)26-18)19-14(21)12-10-6-4-3-5-9(10)7-8-25-12/h3-6,11-13,16H,7-8H2,1-2H3,(H,19,21)(H,23,24)/t11-,12?,13+,16-/m1/s1. The molecule has 4 rings (SSSR count). The number of fused-ring (bicyclic) bond motifs is 2. The van der Waals surface area contributed by atoms with Gasteiger partial charge in [0, 0.05) is 4.75 Å². The van der Waals surface area contributed by atoms with Crippen LogP contribution in [0.25, 0.3) is 0 Å². The molecule has 2 fully saturated rings. The number of amides is 2. The molecule has 2 N–H and O–H groups in total. The van der Waals surface area contributed by atoms with Crippen molar-refractivity contribution in [2.24, 2.45) is 0 Å². The van der Waals surface area contributed by atoms with Crippen molar-refractivity contribution >= 4 is 29.5 Å². The van der Waals surface area contributed by atoms with Gasteiger partial charge in [0.2, 0.25) is 5.91 Å². The summed E-state index contributed by atoms with van der Waals surface area (Å²) in [6.07, 6.45) is 0.0137. The third kappa shape index (κ3) is 2.51. The number of nitrogens with zero attached hydrogens (tertiary/aromatic N) is 1. The maximum atomic E-state index is 12.7. The minimum Gasteiger partial charge on any atom is -0.480 e. The first-order valence-electron chi connectivity index (χ1n) is 8.54. The quantitative estimate of drug-likeness (QED) is 0.762. The molecule has 3 aliphatic rings. The van der Waals surface area contributed by atoms with Crippen LogP contribution in [0, 0.1) is 0 Å². The normalized spacial score (nSPS) is 31.6. The lowest BCUT2D eigenvalue weighted by Crippen LogP contribution is -2.71. The number of ether oxygens (including phenoxy) is 1. The number of hydrogen-bond acceptors (Lipinski definition) is 5. The van der Waals surface area contributed by atoms with Crippen molar-refractivity contribution in [3.8, 4) is 0 Å². The fraction of sp³-hybridized carbons (Fsp3) is 0.500. The number of aliphatic carboxylic acids is 1. The number of hydrogen-bond donors (Lipinski definition) is 2. The highest BCUT2D eigenvalue weighted by molar-refractivity contribution is 8.01. The zero-order valence-corrected chi connectivity index (χ0v) is 15.3. The molecule has 0 bridgehead atoms. The van der Waals surface area contributed by atoms with Gasteiger partial charge in [-0.1, -0.05) is 24.3 Å². The first kappa shape index (κ1) is 17.4. The van der Waals surface area contributed by atoms with Crippen molar-refractivity contribution in [3.05, 3.63) is 35.4 Å². The lowest BCUT2D eigenvalue weighted by Gasteiger charge is -2.44. The SMILES string of the molecule is CC1(C)S[C@@H]2[C@H](NC(=O)C3OCCc4ccccc43)C(=O)N2[C@H]1C(=O)O. The van der Waals surface area contributed by atoms with Gasteiger partial charge in [-0.15, -0.1) is 11.8 Å². The first-order valence-corrected chi connectivity index (χ1v) is 9.42. The molecule has 8 heteroatoms. The Morgan fingerprint density at radius 1 is 1.35 bits per heavy atom. The average molecular weight is 376 g/mol. The Kier molecular flexibility index (Phi) is 4.00. The molecule has 7 nitrogen and oxygen atoms in total. The summed E-state index contributed by atoms with van der Waals surface area (Å²) in [6.45, 7) is 4.06.